The molecule has 0 radical (unpaired) electrons. The van der Waals surface area contributed by atoms with Crippen LogP contribution in [0.3, 0.4) is 0 Å². The van der Waals surface area contributed by atoms with Crippen molar-refractivity contribution in [2.75, 3.05) is 5.32 Å². The average molecular weight is 332 g/mol. The maximum atomic E-state index is 6.35. The molecule has 0 aliphatic carbocycles. The van der Waals surface area contributed by atoms with Gasteiger partial charge >= 0.3 is 0 Å². The third-order valence-electron chi connectivity index (χ3n) is 3.60. The van der Waals surface area contributed by atoms with Crippen LogP contribution in [-0.4, -0.2) is 15.5 Å². The van der Waals surface area contributed by atoms with Crippen molar-refractivity contribution in [2.45, 2.75) is 6.17 Å². The lowest BCUT2D eigenvalue weighted by atomic mass is 10.1. The van der Waals surface area contributed by atoms with Crippen molar-refractivity contribution in [1.82, 2.24) is 9.55 Å². The van der Waals surface area contributed by atoms with E-state index in [9.17, 15) is 0 Å². The molecular weight excluding hydrogens is 321 g/mol. The summed E-state index contributed by atoms with van der Waals surface area (Å²) >= 11 is 12.7. The van der Waals surface area contributed by atoms with E-state index in [2.05, 4.69) is 15.3 Å². The van der Waals surface area contributed by atoms with Crippen molar-refractivity contribution >= 4 is 46.1 Å². The molecule has 3 aromatic rings. The third-order valence-corrected chi connectivity index (χ3v) is 4.26. The number of para-hydroxylation sites is 2. The lowest BCUT2D eigenvalue weighted by molar-refractivity contribution is 0.626. The Kier molecular flexibility index (Phi) is 2.99. The molecule has 0 spiro atoms. The largest absolute Gasteiger partial charge is 0.370 e. The highest BCUT2D eigenvalue weighted by molar-refractivity contribution is 6.36. The van der Waals surface area contributed by atoms with Crippen LogP contribution in [0.2, 0.25) is 10.0 Å². The Labute approximate surface area is 136 Å². The SMILES string of the molecule is NC1=NC(c2c(Cl)cccc2Cl)n2c(nc3ccccc32)N1. The predicted molar refractivity (Wildman–Crippen MR) is 89.6 cm³/mol. The second-order valence-corrected chi connectivity index (χ2v) is 5.76. The first kappa shape index (κ1) is 13.4. The van der Waals surface area contributed by atoms with Gasteiger partial charge < -0.3 is 5.73 Å². The minimum Gasteiger partial charge on any atom is -0.370 e. The minimum absolute atomic E-state index is 0.281. The first-order valence-corrected chi connectivity index (χ1v) is 7.42. The lowest BCUT2D eigenvalue weighted by Crippen LogP contribution is -2.31. The Hall–Kier alpha value is -2.24. The number of aliphatic imine (C=N–C) groups is 1. The van der Waals surface area contributed by atoms with Crippen molar-refractivity contribution in [2.24, 2.45) is 10.7 Å². The number of nitrogens with two attached hydrogens (primary N) is 1. The molecule has 0 amide bonds. The van der Waals surface area contributed by atoms with Gasteiger partial charge in [-0.1, -0.05) is 41.4 Å². The van der Waals surface area contributed by atoms with Crippen LogP contribution in [-0.2, 0) is 0 Å². The standard InChI is InChI=1S/C15H11Cl2N5/c16-8-4-3-5-9(17)12(8)13-20-14(18)21-15-19-10-6-1-2-7-11(10)22(13)15/h1-7,13H,(H3,18,19,20,21). The van der Waals surface area contributed by atoms with E-state index in [1.165, 1.54) is 0 Å². The van der Waals surface area contributed by atoms with Crippen LogP contribution in [0.15, 0.2) is 47.5 Å². The van der Waals surface area contributed by atoms with E-state index in [1.807, 2.05) is 28.8 Å². The van der Waals surface area contributed by atoms with Crippen molar-refractivity contribution in [3.8, 4) is 0 Å². The zero-order valence-electron chi connectivity index (χ0n) is 11.3. The summed E-state index contributed by atoms with van der Waals surface area (Å²) < 4.78 is 1.94. The van der Waals surface area contributed by atoms with Gasteiger partial charge in [-0.05, 0) is 24.3 Å². The topological polar surface area (TPSA) is 68.2 Å². The lowest BCUT2D eigenvalue weighted by Gasteiger charge is -2.25. The first-order valence-electron chi connectivity index (χ1n) is 6.66. The number of imidazole rings is 1. The van der Waals surface area contributed by atoms with Crippen molar-refractivity contribution in [3.05, 3.63) is 58.1 Å². The van der Waals surface area contributed by atoms with Gasteiger partial charge in [0.05, 0.1) is 11.0 Å². The van der Waals surface area contributed by atoms with Crippen molar-refractivity contribution in [3.63, 3.8) is 0 Å². The molecule has 5 nitrogen and oxygen atoms in total. The molecule has 0 fully saturated rings. The Bertz CT molecular complexity index is 895. The number of hydrogen-bond acceptors (Lipinski definition) is 4. The summed E-state index contributed by atoms with van der Waals surface area (Å²) in [6.07, 6.45) is -0.454. The third kappa shape index (κ3) is 1.94. The van der Waals surface area contributed by atoms with Gasteiger partial charge in [-0.15, -0.1) is 0 Å². The molecule has 1 aliphatic rings. The number of nitrogens with zero attached hydrogens (tertiary/aromatic N) is 3. The number of nitrogens with one attached hydrogen (secondary N) is 1. The van der Waals surface area contributed by atoms with Gasteiger partial charge in [0.15, 0.2) is 12.1 Å². The quantitative estimate of drug-likeness (QED) is 0.715. The number of anilines is 1. The van der Waals surface area contributed by atoms with E-state index in [-0.39, 0.29) is 5.96 Å². The van der Waals surface area contributed by atoms with Crippen LogP contribution in [0.1, 0.15) is 11.7 Å². The number of rotatable bonds is 1. The van der Waals surface area contributed by atoms with Crippen LogP contribution in [0, 0.1) is 0 Å². The number of hydrogen-bond donors (Lipinski definition) is 2. The molecule has 1 aliphatic heterocycles. The molecule has 0 saturated heterocycles. The summed E-state index contributed by atoms with van der Waals surface area (Å²) in [6, 6.07) is 13.2. The maximum absolute atomic E-state index is 6.35. The van der Waals surface area contributed by atoms with Crippen LogP contribution in [0.4, 0.5) is 5.95 Å². The first-order chi connectivity index (χ1) is 10.6. The molecule has 0 saturated carbocycles. The highest BCUT2D eigenvalue weighted by Crippen LogP contribution is 2.38. The van der Waals surface area contributed by atoms with Crippen molar-refractivity contribution < 1.29 is 0 Å². The van der Waals surface area contributed by atoms with Gasteiger partial charge in [0, 0.05) is 15.6 Å². The number of benzene rings is 2. The molecule has 2 heterocycles. The van der Waals surface area contributed by atoms with Gasteiger partial charge in [-0.3, -0.25) is 9.88 Å². The van der Waals surface area contributed by atoms with Crippen molar-refractivity contribution in [1.29, 1.82) is 0 Å². The van der Waals surface area contributed by atoms with Crippen LogP contribution in [0.25, 0.3) is 11.0 Å². The van der Waals surface area contributed by atoms with E-state index < -0.39 is 6.17 Å². The summed E-state index contributed by atoms with van der Waals surface area (Å²) in [4.78, 5) is 9.02. The molecule has 0 bridgehead atoms. The zero-order valence-corrected chi connectivity index (χ0v) is 12.8. The molecule has 4 rings (SSSR count). The summed E-state index contributed by atoms with van der Waals surface area (Å²) in [5.41, 5.74) is 8.39. The summed E-state index contributed by atoms with van der Waals surface area (Å²) in [5.74, 6) is 0.901. The summed E-state index contributed by atoms with van der Waals surface area (Å²) in [5, 5.41) is 4.06. The fourth-order valence-corrected chi connectivity index (χ4v) is 3.26. The zero-order chi connectivity index (χ0) is 15.3. The maximum Gasteiger partial charge on any atom is 0.212 e. The Balaban J connectivity index is 2.03. The van der Waals surface area contributed by atoms with Gasteiger partial charge in [-0.2, -0.15) is 0 Å². The molecule has 2 aromatic carbocycles. The van der Waals surface area contributed by atoms with E-state index in [1.54, 1.807) is 18.2 Å². The minimum atomic E-state index is -0.454. The average Bonchev–Trinajstić information content (AvgIpc) is 2.84. The molecule has 110 valence electrons. The Morgan fingerprint density at radius 3 is 2.55 bits per heavy atom. The highest BCUT2D eigenvalue weighted by Gasteiger charge is 2.28. The highest BCUT2D eigenvalue weighted by atomic mass is 35.5. The molecule has 3 N–H and O–H groups in total. The van der Waals surface area contributed by atoms with Crippen LogP contribution < -0.4 is 11.1 Å². The Morgan fingerprint density at radius 2 is 1.77 bits per heavy atom. The number of aromatic nitrogens is 2. The van der Waals surface area contributed by atoms with Gasteiger partial charge in [-0.25, -0.2) is 9.98 Å². The van der Waals surface area contributed by atoms with E-state index in [4.69, 9.17) is 28.9 Å². The number of fused-ring (bicyclic) bond motifs is 3. The molecule has 7 heteroatoms. The second-order valence-electron chi connectivity index (χ2n) is 4.94. The Morgan fingerprint density at radius 1 is 1.05 bits per heavy atom. The predicted octanol–water partition coefficient (Wildman–Crippen LogP) is 3.63. The fraction of sp³-hybridized carbons (Fsp3) is 0.0667. The molecule has 1 aromatic heterocycles. The summed E-state index contributed by atoms with van der Waals surface area (Å²) in [7, 11) is 0. The number of halogens is 2. The van der Waals surface area contributed by atoms with Gasteiger partial charge in [0.1, 0.15) is 0 Å². The second kappa shape index (κ2) is 4.90. The van der Waals surface area contributed by atoms with Crippen LogP contribution >= 0.6 is 23.2 Å². The molecule has 1 unspecified atom stereocenters. The fourth-order valence-electron chi connectivity index (χ4n) is 2.67. The molecule has 1 atom stereocenters. The molecule has 22 heavy (non-hydrogen) atoms. The van der Waals surface area contributed by atoms with Gasteiger partial charge in [0.2, 0.25) is 5.95 Å². The smallest absolute Gasteiger partial charge is 0.212 e. The molecular formula is C15H11Cl2N5. The number of guanidine groups is 1. The van der Waals surface area contributed by atoms with Crippen LogP contribution in [0.5, 0.6) is 0 Å². The van der Waals surface area contributed by atoms with E-state index >= 15 is 0 Å². The monoisotopic (exact) mass is 331 g/mol. The van der Waals surface area contributed by atoms with Gasteiger partial charge in [0.25, 0.3) is 0 Å². The normalized spacial score (nSPS) is 17.0. The van der Waals surface area contributed by atoms with E-state index in [0.717, 1.165) is 11.0 Å². The van der Waals surface area contributed by atoms with E-state index in [0.29, 0.717) is 21.6 Å². The summed E-state index contributed by atoms with van der Waals surface area (Å²) in [6.45, 7) is 0.